The molecule has 0 amide bonds. The van der Waals surface area contributed by atoms with E-state index in [4.69, 9.17) is 13.3 Å². The minimum absolute atomic E-state index is 0.758. The highest BCUT2D eigenvalue weighted by Crippen LogP contribution is 2.16. The molecule has 0 fully saturated rings. The van der Waals surface area contributed by atoms with Crippen molar-refractivity contribution >= 4 is 28.4 Å². The van der Waals surface area contributed by atoms with Gasteiger partial charge >= 0.3 is 0 Å². The molecule has 2 aromatic carbocycles. The van der Waals surface area contributed by atoms with Gasteiger partial charge in [-0.25, -0.2) is 0 Å². The lowest BCUT2D eigenvalue weighted by atomic mass is 10.1. The van der Waals surface area contributed by atoms with Crippen LogP contribution in [0.4, 0.5) is 0 Å². The SMILES string of the molecule is O=Cc1cccc2ccccc12.O=S(O)O. The molecule has 0 aliphatic rings. The molecule has 0 spiro atoms. The maximum absolute atomic E-state index is 10.6. The molecule has 0 bridgehead atoms. The van der Waals surface area contributed by atoms with Crippen molar-refractivity contribution in [1.29, 1.82) is 0 Å². The predicted molar refractivity (Wildman–Crippen MR) is 62.7 cm³/mol. The first kappa shape index (κ1) is 12.5. The van der Waals surface area contributed by atoms with Gasteiger partial charge in [-0.05, 0) is 10.8 Å². The fourth-order valence-corrected chi connectivity index (χ4v) is 1.35. The summed E-state index contributed by atoms with van der Waals surface area (Å²) in [4.78, 5) is 10.6. The largest absolute Gasteiger partial charge is 0.299 e. The van der Waals surface area contributed by atoms with Gasteiger partial charge in [0.25, 0.3) is 11.4 Å². The fourth-order valence-electron chi connectivity index (χ4n) is 1.35. The van der Waals surface area contributed by atoms with Gasteiger partial charge in [-0.2, -0.15) is 4.21 Å². The summed E-state index contributed by atoms with van der Waals surface area (Å²) >= 11 is -2.61. The van der Waals surface area contributed by atoms with E-state index in [1.807, 2.05) is 42.5 Å². The van der Waals surface area contributed by atoms with Crippen LogP contribution in [0.1, 0.15) is 10.4 Å². The fraction of sp³-hybridized carbons (Fsp3) is 0. The quantitative estimate of drug-likeness (QED) is 0.590. The molecule has 0 aliphatic carbocycles. The summed E-state index contributed by atoms with van der Waals surface area (Å²) in [5, 5.41) is 2.14. The number of hydrogen-bond donors (Lipinski definition) is 2. The normalized spacial score (nSPS) is 9.69. The molecule has 16 heavy (non-hydrogen) atoms. The monoisotopic (exact) mass is 238 g/mol. The van der Waals surface area contributed by atoms with E-state index in [-0.39, 0.29) is 0 Å². The van der Waals surface area contributed by atoms with Gasteiger partial charge in [-0.15, -0.1) is 0 Å². The average Bonchev–Trinajstić information content (AvgIpc) is 2.27. The lowest BCUT2D eigenvalue weighted by Crippen LogP contribution is -1.81. The summed E-state index contributed by atoms with van der Waals surface area (Å²) in [7, 11) is 0. The second-order valence-electron chi connectivity index (χ2n) is 2.92. The second kappa shape index (κ2) is 6.12. The second-order valence-corrected chi connectivity index (χ2v) is 3.38. The van der Waals surface area contributed by atoms with Crippen LogP contribution in [0.3, 0.4) is 0 Å². The molecule has 0 unspecified atom stereocenters. The maximum Gasteiger partial charge on any atom is 0.299 e. The van der Waals surface area contributed by atoms with Gasteiger partial charge in [-0.3, -0.25) is 13.9 Å². The van der Waals surface area contributed by atoms with Crippen molar-refractivity contribution in [2.75, 3.05) is 0 Å². The van der Waals surface area contributed by atoms with Gasteiger partial charge in [0.15, 0.2) is 6.29 Å². The minimum atomic E-state index is -2.61. The van der Waals surface area contributed by atoms with Crippen LogP contribution < -0.4 is 0 Å². The van der Waals surface area contributed by atoms with Crippen LogP contribution in [0.15, 0.2) is 42.5 Å². The number of rotatable bonds is 1. The van der Waals surface area contributed by atoms with Crippen molar-refractivity contribution in [3.05, 3.63) is 48.0 Å². The Morgan fingerprint density at radius 2 is 1.56 bits per heavy atom. The van der Waals surface area contributed by atoms with Gasteiger partial charge < -0.3 is 0 Å². The first-order valence-electron chi connectivity index (χ1n) is 4.38. The molecule has 0 atom stereocenters. The molecule has 2 rings (SSSR count). The standard InChI is InChI=1S/C11H8O.H2O3S/c12-8-10-6-3-5-9-4-1-2-7-11(9)10;1-4(2)3/h1-8H;(H2,1,2,3). The van der Waals surface area contributed by atoms with Crippen LogP contribution in [-0.4, -0.2) is 19.6 Å². The van der Waals surface area contributed by atoms with E-state index in [0.29, 0.717) is 0 Å². The van der Waals surface area contributed by atoms with Crippen molar-refractivity contribution in [3.63, 3.8) is 0 Å². The summed E-state index contributed by atoms with van der Waals surface area (Å²) in [6.45, 7) is 0. The van der Waals surface area contributed by atoms with Crippen molar-refractivity contribution < 1.29 is 18.1 Å². The summed E-state index contributed by atoms with van der Waals surface area (Å²) < 4.78 is 22.8. The number of carbonyl (C=O) groups excluding carboxylic acids is 1. The van der Waals surface area contributed by atoms with Crippen LogP contribution in [0.25, 0.3) is 10.8 Å². The molecule has 84 valence electrons. The summed E-state index contributed by atoms with van der Waals surface area (Å²) in [5.41, 5.74) is 0.758. The third-order valence-electron chi connectivity index (χ3n) is 1.95. The Balaban J connectivity index is 0.000000280. The molecule has 5 heteroatoms. The molecule has 0 aliphatic heterocycles. The lowest BCUT2D eigenvalue weighted by molar-refractivity contribution is 0.112. The predicted octanol–water partition coefficient (Wildman–Crippen LogP) is 2.33. The zero-order valence-corrected chi connectivity index (χ0v) is 9.05. The van der Waals surface area contributed by atoms with Crippen molar-refractivity contribution in [3.8, 4) is 0 Å². The Labute approximate surface area is 95.0 Å². The molecule has 2 aromatic rings. The van der Waals surface area contributed by atoms with Gasteiger partial charge in [0, 0.05) is 5.56 Å². The Morgan fingerprint density at radius 1 is 1.00 bits per heavy atom. The van der Waals surface area contributed by atoms with Crippen LogP contribution >= 0.6 is 0 Å². The first-order valence-corrected chi connectivity index (χ1v) is 5.44. The van der Waals surface area contributed by atoms with E-state index in [1.165, 1.54) is 0 Å². The van der Waals surface area contributed by atoms with Crippen LogP contribution in [0.2, 0.25) is 0 Å². The van der Waals surface area contributed by atoms with E-state index < -0.39 is 11.4 Å². The van der Waals surface area contributed by atoms with E-state index in [9.17, 15) is 4.79 Å². The molecule has 0 heterocycles. The van der Waals surface area contributed by atoms with Crippen LogP contribution in [0.5, 0.6) is 0 Å². The molecular weight excluding hydrogens is 228 g/mol. The Kier molecular flexibility index (Phi) is 4.78. The highest BCUT2D eigenvalue weighted by Gasteiger charge is 1.96. The van der Waals surface area contributed by atoms with Crippen LogP contribution in [0, 0.1) is 0 Å². The zero-order chi connectivity index (χ0) is 12.0. The number of fused-ring (bicyclic) bond motifs is 1. The maximum atomic E-state index is 10.6. The van der Waals surface area contributed by atoms with E-state index in [2.05, 4.69) is 0 Å². The molecule has 0 saturated heterocycles. The summed E-state index contributed by atoms with van der Waals surface area (Å²) in [6.07, 6.45) is 0.891. The van der Waals surface area contributed by atoms with Crippen molar-refractivity contribution in [2.45, 2.75) is 0 Å². The molecule has 2 N–H and O–H groups in total. The van der Waals surface area contributed by atoms with Gasteiger partial charge in [0.05, 0.1) is 0 Å². The highest BCUT2D eigenvalue weighted by molar-refractivity contribution is 7.73. The summed E-state index contributed by atoms with van der Waals surface area (Å²) in [5.74, 6) is 0. The highest BCUT2D eigenvalue weighted by atomic mass is 32.2. The van der Waals surface area contributed by atoms with E-state index >= 15 is 0 Å². The number of carbonyl (C=O) groups is 1. The molecular formula is C11H10O4S. The van der Waals surface area contributed by atoms with E-state index in [1.54, 1.807) is 0 Å². The number of benzene rings is 2. The van der Waals surface area contributed by atoms with Gasteiger partial charge in [0.1, 0.15) is 0 Å². The third kappa shape index (κ3) is 3.54. The van der Waals surface area contributed by atoms with Gasteiger partial charge in [0.2, 0.25) is 0 Å². The van der Waals surface area contributed by atoms with Crippen LogP contribution in [-0.2, 0) is 11.4 Å². The smallest absolute Gasteiger partial charge is 0.298 e. The average molecular weight is 238 g/mol. The van der Waals surface area contributed by atoms with E-state index in [0.717, 1.165) is 22.6 Å². The molecule has 0 saturated carbocycles. The Bertz CT molecular complexity index is 501. The molecule has 0 aromatic heterocycles. The minimum Gasteiger partial charge on any atom is -0.298 e. The van der Waals surface area contributed by atoms with Crippen molar-refractivity contribution in [1.82, 2.24) is 0 Å². The lowest BCUT2D eigenvalue weighted by Gasteiger charge is -1.98. The van der Waals surface area contributed by atoms with Gasteiger partial charge in [-0.1, -0.05) is 42.5 Å². The van der Waals surface area contributed by atoms with Crippen molar-refractivity contribution in [2.24, 2.45) is 0 Å². The Morgan fingerprint density at radius 3 is 2.19 bits per heavy atom. The molecule has 4 nitrogen and oxygen atoms in total. The third-order valence-corrected chi connectivity index (χ3v) is 1.95. The topological polar surface area (TPSA) is 74.6 Å². The number of hydrogen-bond acceptors (Lipinski definition) is 2. The number of aldehydes is 1. The molecule has 0 radical (unpaired) electrons. The first-order chi connectivity index (χ1) is 7.65. The Hall–Kier alpha value is -1.56. The zero-order valence-electron chi connectivity index (χ0n) is 8.24. The summed E-state index contributed by atoms with van der Waals surface area (Å²) in [6, 6.07) is 13.6.